The summed E-state index contributed by atoms with van der Waals surface area (Å²) in [4.78, 5) is 16.9. The van der Waals surface area contributed by atoms with Gasteiger partial charge in [-0.1, -0.05) is 37.0 Å². The number of phenols is 1. The number of phenolic OH excluding ortho intramolecular Hbond substituents is 1. The summed E-state index contributed by atoms with van der Waals surface area (Å²) >= 11 is 11.1. The molecule has 3 heterocycles. The van der Waals surface area contributed by atoms with Gasteiger partial charge in [-0.05, 0) is 44.7 Å². The van der Waals surface area contributed by atoms with Gasteiger partial charge in [-0.15, -0.1) is 5.10 Å². The Balaban J connectivity index is 0.000000297. The molecule has 1 saturated heterocycles. The van der Waals surface area contributed by atoms with Crippen molar-refractivity contribution in [2.75, 3.05) is 32.1 Å². The fourth-order valence-corrected chi connectivity index (χ4v) is 3.54. The fraction of sp³-hybridized carbons (Fsp3) is 0.409. The number of carbonyl (C=O) groups excluding carboxylic acids is 1. The topological polar surface area (TPSA) is 103 Å². The number of halogens is 2. The van der Waals surface area contributed by atoms with Crippen molar-refractivity contribution < 1.29 is 15.0 Å². The zero-order chi connectivity index (χ0) is 24.3. The average molecular weight is 484 g/mol. The van der Waals surface area contributed by atoms with Gasteiger partial charge in [0.2, 0.25) is 0 Å². The molecule has 0 bridgehead atoms. The summed E-state index contributed by atoms with van der Waals surface area (Å²) < 4.78 is 1.90. The van der Waals surface area contributed by atoms with Gasteiger partial charge in [0.05, 0.1) is 22.5 Å². The number of aromatic nitrogens is 3. The van der Waals surface area contributed by atoms with E-state index in [9.17, 15) is 4.79 Å². The van der Waals surface area contributed by atoms with E-state index in [0.29, 0.717) is 17.4 Å². The molecule has 0 aliphatic carbocycles. The van der Waals surface area contributed by atoms with E-state index in [2.05, 4.69) is 26.4 Å². The molecule has 1 aliphatic heterocycles. The number of carbonyl (C=O) groups is 1. The molecular weight excluding hydrogens is 453 g/mol. The van der Waals surface area contributed by atoms with Crippen LogP contribution in [0.4, 0.5) is 5.82 Å². The van der Waals surface area contributed by atoms with E-state index in [-0.39, 0.29) is 16.3 Å². The highest BCUT2D eigenvalue weighted by Gasteiger charge is 2.22. The molecule has 0 amide bonds. The first-order valence-corrected chi connectivity index (χ1v) is 11.0. The number of aliphatic hydroxyl groups is 1. The van der Waals surface area contributed by atoms with Crippen LogP contribution < -0.4 is 10.2 Å². The van der Waals surface area contributed by atoms with Crippen LogP contribution in [0.25, 0.3) is 5.65 Å². The Morgan fingerprint density at radius 1 is 1.22 bits per heavy atom. The van der Waals surface area contributed by atoms with Crippen LogP contribution in [0.15, 0.2) is 30.5 Å². The Labute approximate surface area is 198 Å². The van der Waals surface area contributed by atoms with Crippen LogP contribution in [0.2, 0.25) is 10.0 Å². The minimum absolute atomic E-state index is 0.0830. The number of aldehydes is 1. The third-order valence-electron chi connectivity index (χ3n) is 4.62. The minimum Gasteiger partial charge on any atom is -0.506 e. The van der Waals surface area contributed by atoms with Gasteiger partial charge < -0.3 is 20.4 Å². The van der Waals surface area contributed by atoms with E-state index in [1.807, 2.05) is 44.6 Å². The van der Waals surface area contributed by atoms with E-state index in [0.717, 1.165) is 37.4 Å². The summed E-state index contributed by atoms with van der Waals surface area (Å²) in [5.41, 5.74) is 2.09. The second-order valence-corrected chi connectivity index (χ2v) is 7.37. The molecule has 2 aromatic heterocycles. The van der Waals surface area contributed by atoms with Gasteiger partial charge in [-0.25, -0.2) is 9.50 Å². The third-order valence-corrected chi connectivity index (χ3v) is 5.13. The number of hydrogen-bond donors (Lipinski definition) is 3. The van der Waals surface area contributed by atoms with Crippen LogP contribution in [0.1, 0.15) is 36.3 Å². The predicted molar refractivity (Wildman–Crippen MR) is 130 cm³/mol. The summed E-state index contributed by atoms with van der Waals surface area (Å²) in [6, 6.07) is 7.37. The standard InChI is InChI=1S/C12H17N5.C7H4Cl2O2.C2H6.CH4O/c1-9-7-14-11-3-4-12(15-17(9)11)16-6-5-10(8-16)13-2;8-5-1-4(3-10)7(11)6(9)2-5;2*1-2/h3-4,7,10,13H,5-6,8H2,1-2H3;1-3,11H;1-2H3;2H,1H3/t10-;;;/m0.../s1. The number of aromatic hydroxyl groups is 1. The van der Waals surface area contributed by atoms with E-state index in [4.69, 9.17) is 33.4 Å². The lowest BCUT2D eigenvalue weighted by Crippen LogP contribution is -2.30. The molecule has 1 aliphatic rings. The molecule has 32 heavy (non-hydrogen) atoms. The lowest BCUT2D eigenvalue weighted by molar-refractivity contribution is 0.112. The fourth-order valence-electron chi connectivity index (χ4n) is 3.03. The van der Waals surface area contributed by atoms with Crippen LogP contribution in [-0.4, -0.2) is 64.4 Å². The van der Waals surface area contributed by atoms with Crippen molar-refractivity contribution in [3.05, 3.63) is 51.8 Å². The molecule has 3 aromatic rings. The van der Waals surface area contributed by atoms with E-state index >= 15 is 0 Å². The second kappa shape index (κ2) is 13.9. The Hall–Kier alpha value is -2.39. The maximum atomic E-state index is 10.3. The molecule has 10 heteroatoms. The van der Waals surface area contributed by atoms with Crippen molar-refractivity contribution in [2.45, 2.75) is 33.2 Å². The number of fused-ring (bicyclic) bond motifs is 1. The SMILES string of the molecule is CC.CN[C@H]1CCN(c2ccc3ncc(C)n3n2)C1.CO.O=Cc1cc(Cl)cc(Cl)c1O. The first kappa shape index (κ1) is 27.6. The summed E-state index contributed by atoms with van der Waals surface area (Å²) in [5, 5.41) is 24.5. The molecule has 0 unspecified atom stereocenters. The largest absolute Gasteiger partial charge is 0.506 e. The minimum atomic E-state index is -0.230. The van der Waals surface area contributed by atoms with Gasteiger partial charge in [0.25, 0.3) is 0 Å². The van der Waals surface area contributed by atoms with Crippen LogP contribution >= 0.6 is 23.2 Å². The highest BCUT2D eigenvalue weighted by molar-refractivity contribution is 6.36. The Morgan fingerprint density at radius 2 is 1.91 bits per heavy atom. The average Bonchev–Trinajstić information content (AvgIpc) is 3.46. The van der Waals surface area contributed by atoms with E-state index < -0.39 is 0 Å². The number of rotatable bonds is 3. The van der Waals surface area contributed by atoms with Crippen LogP contribution in [0.3, 0.4) is 0 Å². The Morgan fingerprint density at radius 3 is 2.50 bits per heavy atom. The van der Waals surface area contributed by atoms with Gasteiger partial charge in [0.1, 0.15) is 11.6 Å². The first-order valence-electron chi connectivity index (χ1n) is 10.2. The number of nitrogens with zero attached hydrogens (tertiary/aromatic N) is 4. The number of nitrogens with one attached hydrogen (secondary N) is 1. The molecule has 4 rings (SSSR count). The first-order chi connectivity index (χ1) is 15.4. The summed E-state index contributed by atoms with van der Waals surface area (Å²) in [5.74, 6) is 0.808. The number of imidazole rings is 1. The number of anilines is 1. The molecule has 176 valence electrons. The van der Waals surface area contributed by atoms with Crippen molar-refractivity contribution in [1.29, 1.82) is 0 Å². The molecule has 1 atom stereocenters. The molecule has 3 N–H and O–H groups in total. The predicted octanol–water partition coefficient (Wildman–Crippen LogP) is 3.98. The zero-order valence-corrected chi connectivity index (χ0v) is 20.5. The van der Waals surface area contributed by atoms with Gasteiger partial charge in [0, 0.05) is 31.3 Å². The van der Waals surface area contributed by atoms with Crippen molar-refractivity contribution in [3.63, 3.8) is 0 Å². The maximum Gasteiger partial charge on any atom is 0.153 e. The number of aliphatic hydroxyl groups excluding tert-OH is 1. The second-order valence-electron chi connectivity index (χ2n) is 6.52. The number of likely N-dealkylation sites (N-methyl/N-ethyl adjacent to an activating group) is 1. The number of hydrogen-bond acceptors (Lipinski definition) is 7. The Bertz CT molecular complexity index is 997. The van der Waals surface area contributed by atoms with Gasteiger partial charge in [0.15, 0.2) is 11.9 Å². The van der Waals surface area contributed by atoms with E-state index in [1.165, 1.54) is 18.6 Å². The lowest BCUT2D eigenvalue weighted by atomic mass is 10.2. The van der Waals surface area contributed by atoms with E-state index in [1.54, 1.807) is 0 Å². The van der Waals surface area contributed by atoms with Crippen LogP contribution in [-0.2, 0) is 0 Å². The Kier molecular flexibility index (Phi) is 12.0. The van der Waals surface area contributed by atoms with Gasteiger partial charge in [-0.2, -0.15) is 0 Å². The zero-order valence-electron chi connectivity index (χ0n) is 19.0. The highest BCUT2D eigenvalue weighted by atomic mass is 35.5. The number of benzene rings is 1. The molecule has 8 nitrogen and oxygen atoms in total. The maximum absolute atomic E-state index is 10.3. The smallest absolute Gasteiger partial charge is 0.153 e. The van der Waals surface area contributed by atoms with Crippen molar-refractivity contribution in [1.82, 2.24) is 19.9 Å². The number of aryl methyl sites for hydroxylation is 1. The molecule has 0 saturated carbocycles. The van der Waals surface area contributed by atoms with Crippen LogP contribution in [0.5, 0.6) is 5.75 Å². The molecule has 1 aromatic carbocycles. The molecular formula is C22H31Cl2N5O3. The van der Waals surface area contributed by atoms with Gasteiger partial charge >= 0.3 is 0 Å². The lowest BCUT2D eigenvalue weighted by Gasteiger charge is -2.17. The van der Waals surface area contributed by atoms with Crippen LogP contribution in [0, 0.1) is 6.92 Å². The highest BCUT2D eigenvalue weighted by Crippen LogP contribution is 2.29. The quantitative estimate of drug-likeness (QED) is 0.483. The van der Waals surface area contributed by atoms with Crippen molar-refractivity contribution in [2.24, 2.45) is 0 Å². The summed E-state index contributed by atoms with van der Waals surface area (Å²) in [6.45, 7) is 8.12. The summed E-state index contributed by atoms with van der Waals surface area (Å²) in [7, 11) is 3.02. The monoisotopic (exact) mass is 483 g/mol. The summed E-state index contributed by atoms with van der Waals surface area (Å²) in [6.07, 6.45) is 3.53. The third kappa shape index (κ3) is 7.06. The molecule has 0 spiro atoms. The van der Waals surface area contributed by atoms with Crippen molar-refractivity contribution in [3.8, 4) is 5.75 Å². The van der Waals surface area contributed by atoms with Crippen molar-refractivity contribution >= 4 is 41.0 Å². The normalized spacial score (nSPS) is 14.5. The molecule has 1 fully saturated rings. The van der Waals surface area contributed by atoms with Gasteiger partial charge in [-0.3, -0.25) is 4.79 Å². The molecule has 0 radical (unpaired) electrons.